The van der Waals surface area contributed by atoms with Crippen LogP contribution in [0.2, 0.25) is 0 Å². The van der Waals surface area contributed by atoms with Gasteiger partial charge in [0.2, 0.25) is 0 Å². The maximum absolute atomic E-state index is 12.4. The van der Waals surface area contributed by atoms with Crippen LogP contribution < -0.4 is 10.6 Å². The van der Waals surface area contributed by atoms with Gasteiger partial charge in [0, 0.05) is 4.90 Å². The van der Waals surface area contributed by atoms with Crippen molar-refractivity contribution in [1.82, 2.24) is 5.32 Å². The van der Waals surface area contributed by atoms with Crippen molar-refractivity contribution in [2.24, 2.45) is 0 Å². The number of carbonyl (C=O) groups excluding carboxylic acids is 1. The standard InChI is InChI=1S/C12H14F2N2O3S/c1-2-7(10(17)18)15-12(19)16-8-5-3-4-6-9(8)20-11(13)14/h3-7,11H,2H2,1H3,(H,17,18)(H2,15,16,19). The molecule has 20 heavy (non-hydrogen) atoms. The number of carboxylic acids is 1. The van der Waals surface area contributed by atoms with E-state index in [-0.39, 0.29) is 17.0 Å². The number of anilines is 1. The minimum Gasteiger partial charge on any atom is -0.480 e. The molecule has 2 amide bonds. The van der Waals surface area contributed by atoms with Gasteiger partial charge in [-0.15, -0.1) is 0 Å². The minimum absolute atomic E-state index is 0.204. The summed E-state index contributed by atoms with van der Waals surface area (Å²) in [6.07, 6.45) is 0.218. The molecule has 0 bridgehead atoms. The summed E-state index contributed by atoms with van der Waals surface area (Å²) >= 11 is 0.306. The number of hydrogen-bond donors (Lipinski definition) is 3. The lowest BCUT2D eigenvalue weighted by Gasteiger charge is -2.14. The van der Waals surface area contributed by atoms with Crippen LogP contribution in [-0.2, 0) is 4.79 Å². The highest BCUT2D eigenvalue weighted by Crippen LogP contribution is 2.31. The molecule has 0 spiro atoms. The summed E-state index contributed by atoms with van der Waals surface area (Å²) in [5.74, 6) is -3.76. The Labute approximate surface area is 118 Å². The molecular formula is C12H14F2N2O3S. The highest BCUT2D eigenvalue weighted by atomic mass is 32.2. The molecule has 0 aliphatic rings. The third-order valence-corrected chi connectivity index (χ3v) is 3.15. The second-order valence-electron chi connectivity index (χ2n) is 3.77. The SMILES string of the molecule is CCC(NC(=O)Nc1ccccc1SC(F)F)C(=O)O. The van der Waals surface area contributed by atoms with Gasteiger partial charge >= 0.3 is 12.0 Å². The summed E-state index contributed by atoms with van der Waals surface area (Å²) in [4.78, 5) is 22.6. The zero-order valence-electron chi connectivity index (χ0n) is 10.6. The van der Waals surface area contributed by atoms with Crippen molar-refractivity contribution in [3.05, 3.63) is 24.3 Å². The van der Waals surface area contributed by atoms with E-state index in [2.05, 4.69) is 10.6 Å². The molecule has 3 N–H and O–H groups in total. The van der Waals surface area contributed by atoms with Crippen LogP contribution in [0.15, 0.2) is 29.2 Å². The van der Waals surface area contributed by atoms with Crippen LogP contribution in [-0.4, -0.2) is 28.9 Å². The maximum atomic E-state index is 12.4. The normalized spacial score (nSPS) is 12.0. The number of urea groups is 1. The van der Waals surface area contributed by atoms with Crippen LogP contribution in [0.1, 0.15) is 13.3 Å². The van der Waals surface area contributed by atoms with Gasteiger partial charge in [-0.25, -0.2) is 9.59 Å². The van der Waals surface area contributed by atoms with Gasteiger partial charge in [0.05, 0.1) is 5.69 Å². The fourth-order valence-corrected chi connectivity index (χ4v) is 2.02. The lowest BCUT2D eigenvalue weighted by Crippen LogP contribution is -2.42. The quantitative estimate of drug-likeness (QED) is 0.706. The molecule has 1 atom stereocenters. The smallest absolute Gasteiger partial charge is 0.326 e. The molecule has 0 saturated carbocycles. The first-order valence-corrected chi connectivity index (χ1v) is 6.66. The topological polar surface area (TPSA) is 78.4 Å². The molecule has 0 radical (unpaired) electrons. The van der Waals surface area contributed by atoms with Crippen molar-refractivity contribution < 1.29 is 23.5 Å². The van der Waals surface area contributed by atoms with Crippen LogP contribution in [0.5, 0.6) is 0 Å². The van der Waals surface area contributed by atoms with Crippen molar-refractivity contribution in [3.63, 3.8) is 0 Å². The summed E-state index contributed by atoms with van der Waals surface area (Å²) in [5.41, 5.74) is 0.204. The molecule has 0 fully saturated rings. The zero-order chi connectivity index (χ0) is 15.1. The van der Waals surface area contributed by atoms with Crippen molar-refractivity contribution >= 4 is 29.4 Å². The molecule has 110 valence electrons. The third kappa shape index (κ3) is 5.04. The third-order valence-electron chi connectivity index (χ3n) is 2.36. The molecule has 1 unspecified atom stereocenters. The zero-order valence-corrected chi connectivity index (χ0v) is 11.4. The number of thioether (sulfide) groups is 1. The number of alkyl halides is 2. The number of para-hydroxylation sites is 1. The van der Waals surface area contributed by atoms with E-state index in [1.165, 1.54) is 12.1 Å². The number of aliphatic carboxylic acids is 1. The number of halogens is 2. The Bertz CT molecular complexity index is 486. The van der Waals surface area contributed by atoms with E-state index in [0.717, 1.165) is 0 Å². The molecule has 1 rings (SSSR count). The predicted octanol–water partition coefficient (Wildman–Crippen LogP) is 2.99. The Balaban J connectivity index is 2.73. The van der Waals surface area contributed by atoms with Crippen molar-refractivity contribution in [2.45, 2.75) is 30.0 Å². The number of carbonyl (C=O) groups is 2. The molecule has 5 nitrogen and oxygen atoms in total. The summed E-state index contributed by atoms with van der Waals surface area (Å²) < 4.78 is 24.7. The van der Waals surface area contributed by atoms with Gasteiger partial charge in [-0.05, 0) is 18.6 Å². The highest BCUT2D eigenvalue weighted by Gasteiger charge is 2.18. The lowest BCUT2D eigenvalue weighted by atomic mass is 10.2. The second-order valence-corrected chi connectivity index (χ2v) is 4.80. The summed E-state index contributed by atoms with van der Waals surface area (Å²) in [6.45, 7) is 1.61. The number of nitrogens with one attached hydrogen (secondary N) is 2. The van der Waals surface area contributed by atoms with Gasteiger partial charge in [-0.3, -0.25) is 0 Å². The van der Waals surface area contributed by atoms with E-state index in [1.54, 1.807) is 19.1 Å². The number of rotatable bonds is 6. The summed E-state index contributed by atoms with van der Waals surface area (Å²) in [7, 11) is 0. The average Bonchev–Trinajstić information content (AvgIpc) is 2.37. The van der Waals surface area contributed by atoms with E-state index in [0.29, 0.717) is 11.8 Å². The number of hydrogen-bond acceptors (Lipinski definition) is 3. The first-order valence-electron chi connectivity index (χ1n) is 5.78. The summed E-state index contributed by atoms with van der Waals surface area (Å²) in [5, 5.41) is 13.4. The van der Waals surface area contributed by atoms with Crippen LogP contribution in [0, 0.1) is 0 Å². The van der Waals surface area contributed by atoms with Crippen molar-refractivity contribution in [1.29, 1.82) is 0 Å². The Morgan fingerprint density at radius 2 is 2.00 bits per heavy atom. The Kier molecular flexibility index (Phi) is 6.23. The van der Waals surface area contributed by atoms with E-state index in [1.807, 2.05) is 0 Å². The monoisotopic (exact) mass is 304 g/mol. The first-order chi connectivity index (χ1) is 9.43. The number of carboxylic acid groups (broad SMARTS) is 1. The molecular weight excluding hydrogens is 290 g/mol. The number of amides is 2. The van der Waals surface area contributed by atoms with Crippen molar-refractivity contribution in [3.8, 4) is 0 Å². The maximum Gasteiger partial charge on any atom is 0.326 e. The Hall–Kier alpha value is -1.83. The molecule has 0 aliphatic heterocycles. The largest absolute Gasteiger partial charge is 0.480 e. The molecule has 0 aliphatic carbocycles. The highest BCUT2D eigenvalue weighted by molar-refractivity contribution is 7.99. The average molecular weight is 304 g/mol. The number of benzene rings is 1. The summed E-state index contributed by atoms with van der Waals surface area (Å²) in [6, 6.07) is 4.29. The van der Waals surface area contributed by atoms with Gasteiger partial charge in [0.15, 0.2) is 0 Å². The fourth-order valence-electron chi connectivity index (χ4n) is 1.42. The van der Waals surface area contributed by atoms with E-state index in [4.69, 9.17) is 5.11 Å². The van der Waals surface area contributed by atoms with Crippen LogP contribution in [0.25, 0.3) is 0 Å². The van der Waals surface area contributed by atoms with Crippen molar-refractivity contribution in [2.75, 3.05) is 5.32 Å². The Morgan fingerprint density at radius 1 is 1.35 bits per heavy atom. The van der Waals surface area contributed by atoms with Crippen LogP contribution in [0.4, 0.5) is 19.3 Å². The van der Waals surface area contributed by atoms with Gasteiger partial charge in [-0.1, -0.05) is 30.8 Å². The molecule has 1 aromatic rings. The van der Waals surface area contributed by atoms with Gasteiger partial charge < -0.3 is 15.7 Å². The lowest BCUT2D eigenvalue weighted by molar-refractivity contribution is -0.139. The molecule has 8 heteroatoms. The van der Waals surface area contributed by atoms with Gasteiger partial charge in [0.25, 0.3) is 5.76 Å². The van der Waals surface area contributed by atoms with Gasteiger partial charge in [0.1, 0.15) is 6.04 Å². The predicted molar refractivity (Wildman–Crippen MR) is 72.2 cm³/mol. The molecule has 0 saturated heterocycles. The van der Waals surface area contributed by atoms with E-state index < -0.39 is 23.8 Å². The molecule has 0 heterocycles. The minimum atomic E-state index is -2.61. The fraction of sp³-hybridized carbons (Fsp3) is 0.333. The molecule has 1 aromatic carbocycles. The molecule has 0 aromatic heterocycles. The first kappa shape index (κ1) is 16.2. The second kappa shape index (κ2) is 7.68. The van der Waals surface area contributed by atoms with Crippen LogP contribution >= 0.6 is 11.8 Å². The van der Waals surface area contributed by atoms with Gasteiger partial charge in [-0.2, -0.15) is 8.78 Å². The Morgan fingerprint density at radius 3 is 2.55 bits per heavy atom. The van der Waals surface area contributed by atoms with Crippen LogP contribution in [0.3, 0.4) is 0 Å². The van der Waals surface area contributed by atoms with E-state index >= 15 is 0 Å². The van der Waals surface area contributed by atoms with E-state index in [9.17, 15) is 18.4 Å².